The van der Waals surface area contributed by atoms with Crippen LogP contribution in [0.3, 0.4) is 0 Å². The highest BCUT2D eigenvalue weighted by atomic mass is 35.5. The van der Waals surface area contributed by atoms with Gasteiger partial charge in [0, 0.05) is 6.04 Å². The SMILES string of the molecule is CCCCC(O)(c1ccccc1)C(C)NC.Cl. The van der Waals surface area contributed by atoms with Crippen LogP contribution in [0.1, 0.15) is 38.7 Å². The van der Waals surface area contributed by atoms with E-state index in [-0.39, 0.29) is 18.4 Å². The maximum Gasteiger partial charge on any atom is 0.105 e. The lowest BCUT2D eigenvalue weighted by Crippen LogP contribution is -2.45. The van der Waals surface area contributed by atoms with Gasteiger partial charge in [0.25, 0.3) is 0 Å². The minimum Gasteiger partial charge on any atom is -0.384 e. The lowest BCUT2D eigenvalue weighted by Gasteiger charge is -2.34. The van der Waals surface area contributed by atoms with Crippen LogP contribution < -0.4 is 5.32 Å². The Morgan fingerprint density at radius 1 is 1.29 bits per heavy atom. The largest absolute Gasteiger partial charge is 0.384 e. The lowest BCUT2D eigenvalue weighted by atomic mass is 9.83. The summed E-state index contributed by atoms with van der Waals surface area (Å²) in [6, 6.07) is 10.0. The van der Waals surface area contributed by atoms with Gasteiger partial charge in [0.1, 0.15) is 5.60 Å². The topological polar surface area (TPSA) is 32.3 Å². The number of halogens is 1. The van der Waals surface area contributed by atoms with Crippen LogP contribution in [0.15, 0.2) is 30.3 Å². The molecular weight excluding hydrogens is 234 g/mol. The standard InChI is InChI=1S/C14H23NO.ClH/c1-4-5-11-14(16,12(2)15-3)13-9-7-6-8-10-13;/h6-10,12,15-16H,4-5,11H2,1-3H3;1H. The minimum absolute atomic E-state index is 0. The molecule has 0 aliphatic heterocycles. The fourth-order valence-corrected chi connectivity index (χ4v) is 2.02. The van der Waals surface area contributed by atoms with Gasteiger partial charge in [-0.05, 0) is 26.0 Å². The first-order valence-electron chi connectivity index (χ1n) is 6.10. The van der Waals surface area contributed by atoms with Crippen LogP contribution in [0.25, 0.3) is 0 Å². The predicted octanol–water partition coefficient (Wildman–Crippen LogP) is 3.09. The molecule has 2 atom stereocenters. The number of unbranched alkanes of at least 4 members (excludes halogenated alkanes) is 1. The third-order valence-electron chi connectivity index (χ3n) is 3.33. The van der Waals surface area contributed by atoms with Crippen LogP contribution in [0.5, 0.6) is 0 Å². The Bertz CT molecular complexity index is 304. The second-order valence-electron chi connectivity index (χ2n) is 4.40. The monoisotopic (exact) mass is 257 g/mol. The molecule has 17 heavy (non-hydrogen) atoms. The van der Waals surface area contributed by atoms with E-state index in [9.17, 15) is 5.11 Å². The summed E-state index contributed by atoms with van der Waals surface area (Å²) in [5.74, 6) is 0. The van der Waals surface area contributed by atoms with Crippen molar-refractivity contribution < 1.29 is 5.11 Å². The van der Waals surface area contributed by atoms with Crippen LogP contribution in [-0.4, -0.2) is 18.2 Å². The van der Waals surface area contributed by atoms with E-state index in [1.165, 1.54) is 0 Å². The van der Waals surface area contributed by atoms with E-state index in [1.807, 2.05) is 44.3 Å². The second kappa shape index (κ2) is 7.70. The van der Waals surface area contributed by atoms with Crippen molar-refractivity contribution in [3.8, 4) is 0 Å². The van der Waals surface area contributed by atoms with Gasteiger partial charge in [0.2, 0.25) is 0 Å². The molecule has 0 aliphatic rings. The quantitative estimate of drug-likeness (QED) is 0.821. The summed E-state index contributed by atoms with van der Waals surface area (Å²) in [6.45, 7) is 4.18. The van der Waals surface area contributed by atoms with Gasteiger partial charge in [0.05, 0.1) is 0 Å². The van der Waals surface area contributed by atoms with Crippen molar-refractivity contribution >= 4 is 12.4 Å². The molecule has 0 saturated heterocycles. The Hall–Kier alpha value is -0.570. The summed E-state index contributed by atoms with van der Waals surface area (Å²) >= 11 is 0. The molecule has 0 heterocycles. The Morgan fingerprint density at radius 3 is 2.35 bits per heavy atom. The Balaban J connectivity index is 0.00000256. The molecule has 2 nitrogen and oxygen atoms in total. The third kappa shape index (κ3) is 3.98. The van der Waals surface area contributed by atoms with Gasteiger partial charge in [0.15, 0.2) is 0 Å². The first kappa shape index (κ1) is 16.4. The van der Waals surface area contributed by atoms with Gasteiger partial charge in [-0.25, -0.2) is 0 Å². The molecule has 0 aromatic heterocycles. The molecule has 1 aromatic carbocycles. The van der Waals surface area contributed by atoms with E-state index in [4.69, 9.17) is 0 Å². The number of likely N-dealkylation sites (N-methyl/N-ethyl adjacent to an activating group) is 1. The van der Waals surface area contributed by atoms with Gasteiger partial charge in [-0.15, -0.1) is 12.4 Å². The van der Waals surface area contributed by atoms with Gasteiger partial charge in [-0.3, -0.25) is 0 Å². The highest BCUT2D eigenvalue weighted by molar-refractivity contribution is 5.85. The predicted molar refractivity (Wildman–Crippen MR) is 75.6 cm³/mol. The highest BCUT2D eigenvalue weighted by Crippen LogP contribution is 2.30. The Labute approximate surface area is 111 Å². The molecule has 1 aromatic rings. The molecule has 0 spiro atoms. The van der Waals surface area contributed by atoms with Crippen molar-refractivity contribution in [3.63, 3.8) is 0 Å². The number of rotatable bonds is 6. The number of aliphatic hydroxyl groups is 1. The summed E-state index contributed by atoms with van der Waals surface area (Å²) in [5.41, 5.74) is 0.247. The summed E-state index contributed by atoms with van der Waals surface area (Å²) in [6.07, 6.45) is 2.94. The van der Waals surface area contributed by atoms with Crippen molar-refractivity contribution in [1.29, 1.82) is 0 Å². The van der Waals surface area contributed by atoms with Crippen LogP contribution in [0.2, 0.25) is 0 Å². The van der Waals surface area contributed by atoms with E-state index < -0.39 is 5.60 Å². The van der Waals surface area contributed by atoms with Crippen molar-refractivity contribution in [2.45, 2.75) is 44.8 Å². The minimum atomic E-state index is -0.758. The number of benzene rings is 1. The van der Waals surface area contributed by atoms with Crippen LogP contribution in [0, 0.1) is 0 Å². The molecule has 2 N–H and O–H groups in total. The van der Waals surface area contributed by atoms with E-state index in [1.54, 1.807) is 0 Å². The smallest absolute Gasteiger partial charge is 0.105 e. The summed E-state index contributed by atoms with van der Waals surface area (Å²) < 4.78 is 0. The molecule has 0 amide bonds. The van der Waals surface area contributed by atoms with Gasteiger partial charge >= 0.3 is 0 Å². The first-order chi connectivity index (χ1) is 7.65. The molecule has 0 fully saturated rings. The van der Waals surface area contributed by atoms with Crippen molar-refractivity contribution in [3.05, 3.63) is 35.9 Å². The summed E-state index contributed by atoms with van der Waals surface area (Å²) in [5, 5.41) is 14.0. The molecule has 3 heteroatoms. The zero-order chi connectivity index (χ0) is 12.0. The van der Waals surface area contributed by atoms with E-state index in [2.05, 4.69) is 12.2 Å². The van der Waals surface area contributed by atoms with E-state index >= 15 is 0 Å². The van der Waals surface area contributed by atoms with Gasteiger partial charge in [-0.2, -0.15) is 0 Å². The summed E-state index contributed by atoms with van der Waals surface area (Å²) in [7, 11) is 1.89. The average molecular weight is 258 g/mol. The van der Waals surface area contributed by atoms with Crippen LogP contribution in [0.4, 0.5) is 0 Å². The zero-order valence-corrected chi connectivity index (χ0v) is 11.8. The zero-order valence-electron chi connectivity index (χ0n) is 10.9. The fraction of sp³-hybridized carbons (Fsp3) is 0.571. The van der Waals surface area contributed by atoms with Crippen LogP contribution in [-0.2, 0) is 5.60 Å². The van der Waals surface area contributed by atoms with Crippen molar-refractivity contribution in [2.75, 3.05) is 7.05 Å². The highest BCUT2D eigenvalue weighted by Gasteiger charge is 2.33. The Kier molecular flexibility index (Phi) is 7.44. The third-order valence-corrected chi connectivity index (χ3v) is 3.33. The van der Waals surface area contributed by atoms with Gasteiger partial charge < -0.3 is 10.4 Å². The van der Waals surface area contributed by atoms with Crippen molar-refractivity contribution in [2.24, 2.45) is 0 Å². The number of hydrogen-bond acceptors (Lipinski definition) is 2. The second-order valence-corrected chi connectivity index (χ2v) is 4.40. The molecule has 0 radical (unpaired) electrons. The molecule has 1 rings (SSSR count). The van der Waals surface area contributed by atoms with E-state index in [0.29, 0.717) is 0 Å². The molecule has 2 unspecified atom stereocenters. The maximum atomic E-state index is 10.8. The van der Waals surface area contributed by atoms with Crippen molar-refractivity contribution in [1.82, 2.24) is 5.32 Å². The number of hydrogen-bond donors (Lipinski definition) is 2. The summed E-state index contributed by atoms with van der Waals surface area (Å²) in [4.78, 5) is 0. The Morgan fingerprint density at radius 2 is 1.88 bits per heavy atom. The maximum absolute atomic E-state index is 10.8. The van der Waals surface area contributed by atoms with Gasteiger partial charge in [-0.1, -0.05) is 50.1 Å². The number of nitrogens with one attached hydrogen (secondary N) is 1. The molecule has 0 saturated carbocycles. The molecule has 0 bridgehead atoms. The molecule has 98 valence electrons. The van der Waals surface area contributed by atoms with E-state index in [0.717, 1.165) is 24.8 Å². The molecule has 0 aliphatic carbocycles. The fourth-order valence-electron chi connectivity index (χ4n) is 2.02. The van der Waals surface area contributed by atoms with Crippen LogP contribution >= 0.6 is 12.4 Å². The lowest BCUT2D eigenvalue weighted by molar-refractivity contribution is -0.00545. The molecular formula is C14H24ClNO. The average Bonchev–Trinajstić information content (AvgIpc) is 2.36. The normalized spacial score (nSPS) is 15.8. The first-order valence-corrected chi connectivity index (χ1v) is 6.10.